The predicted octanol–water partition coefficient (Wildman–Crippen LogP) is 5.01. The fourth-order valence-electron chi connectivity index (χ4n) is 1.56. The van der Waals surface area contributed by atoms with Gasteiger partial charge in [0.2, 0.25) is 0 Å². The van der Waals surface area contributed by atoms with Crippen LogP contribution in [0.4, 0.5) is 0 Å². The Morgan fingerprint density at radius 1 is 1.31 bits per heavy atom. The molecule has 0 aromatic heterocycles. The smallest absolute Gasteiger partial charge is 0.0409 e. The first-order valence-corrected chi connectivity index (χ1v) is 5.81. The van der Waals surface area contributed by atoms with Crippen molar-refractivity contribution in [3.8, 4) is 0 Å². The van der Waals surface area contributed by atoms with Gasteiger partial charge >= 0.3 is 0 Å². The Morgan fingerprint density at radius 2 is 1.92 bits per heavy atom. The summed E-state index contributed by atoms with van der Waals surface area (Å²) in [6, 6.07) is 6.00. The molecule has 1 aromatic rings. The molecule has 0 spiro atoms. The average molecular weight is 262 g/mol. The van der Waals surface area contributed by atoms with Crippen molar-refractivity contribution in [2.24, 2.45) is 0 Å². The maximum Gasteiger partial charge on any atom is 0.0409 e. The molecule has 0 heterocycles. The van der Waals surface area contributed by atoms with E-state index >= 15 is 0 Å². The summed E-state index contributed by atoms with van der Waals surface area (Å²) in [5, 5.41) is 0.824. The van der Waals surface area contributed by atoms with E-state index < -0.39 is 0 Å². The topological polar surface area (TPSA) is 0 Å². The van der Waals surface area contributed by atoms with Crippen LogP contribution in [0.5, 0.6) is 0 Å². The largest absolute Gasteiger partial charge is 0.0843 e. The van der Waals surface area contributed by atoms with Gasteiger partial charge in [-0.2, -0.15) is 0 Å². The SMILES string of the molecule is CCC(CC)c1cc(Cl)ccc1Br. The van der Waals surface area contributed by atoms with Crippen molar-refractivity contribution in [2.45, 2.75) is 32.6 Å². The van der Waals surface area contributed by atoms with Crippen molar-refractivity contribution in [1.82, 2.24) is 0 Å². The summed E-state index contributed by atoms with van der Waals surface area (Å²) in [7, 11) is 0. The Labute approximate surface area is 93.4 Å². The minimum Gasteiger partial charge on any atom is -0.0843 e. The van der Waals surface area contributed by atoms with E-state index in [1.807, 2.05) is 12.1 Å². The molecule has 0 saturated carbocycles. The van der Waals surface area contributed by atoms with Gasteiger partial charge in [-0.3, -0.25) is 0 Å². The van der Waals surface area contributed by atoms with E-state index in [0.29, 0.717) is 5.92 Å². The first kappa shape index (κ1) is 11.1. The highest BCUT2D eigenvalue weighted by atomic mass is 79.9. The second kappa shape index (κ2) is 5.02. The van der Waals surface area contributed by atoms with E-state index in [1.54, 1.807) is 0 Å². The molecule has 0 aliphatic heterocycles. The Morgan fingerprint density at radius 3 is 2.46 bits per heavy atom. The van der Waals surface area contributed by atoms with Gasteiger partial charge in [-0.25, -0.2) is 0 Å². The van der Waals surface area contributed by atoms with Crippen LogP contribution in [-0.4, -0.2) is 0 Å². The monoisotopic (exact) mass is 260 g/mol. The molecule has 0 N–H and O–H groups in total. The molecule has 0 aliphatic rings. The molecule has 1 aromatic carbocycles. The quantitative estimate of drug-likeness (QED) is 0.718. The van der Waals surface area contributed by atoms with Crippen LogP contribution in [0.2, 0.25) is 5.02 Å². The summed E-state index contributed by atoms with van der Waals surface area (Å²) in [5.41, 5.74) is 1.33. The summed E-state index contributed by atoms with van der Waals surface area (Å²) in [6.45, 7) is 4.42. The number of hydrogen-bond donors (Lipinski definition) is 0. The lowest BCUT2D eigenvalue weighted by Gasteiger charge is -2.14. The van der Waals surface area contributed by atoms with Gasteiger partial charge in [-0.05, 0) is 42.5 Å². The second-order valence-corrected chi connectivity index (χ2v) is 4.47. The predicted molar refractivity (Wildman–Crippen MR) is 62.5 cm³/mol. The van der Waals surface area contributed by atoms with E-state index in [4.69, 9.17) is 11.6 Å². The van der Waals surface area contributed by atoms with Gasteiger partial charge < -0.3 is 0 Å². The van der Waals surface area contributed by atoms with Crippen LogP contribution < -0.4 is 0 Å². The first-order chi connectivity index (χ1) is 6.19. The number of rotatable bonds is 3. The fraction of sp³-hybridized carbons (Fsp3) is 0.455. The Kier molecular flexibility index (Phi) is 4.27. The standard InChI is InChI=1S/C11H14BrCl/c1-3-8(4-2)10-7-9(13)5-6-11(10)12/h5-8H,3-4H2,1-2H3. The van der Waals surface area contributed by atoms with Crippen LogP contribution in [-0.2, 0) is 0 Å². The molecule has 0 atom stereocenters. The highest BCUT2D eigenvalue weighted by Crippen LogP contribution is 2.31. The maximum absolute atomic E-state index is 5.95. The summed E-state index contributed by atoms with van der Waals surface area (Å²) < 4.78 is 1.17. The Hall–Kier alpha value is -0.0100. The molecule has 72 valence electrons. The minimum atomic E-state index is 0.619. The zero-order valence-corrected chi connectivity index (χ0v) is 10.3. The zero-order chi connectivity index (χ0) is 9.84. The van der Waals surface area contributed by atoms with Gasteiger partial charge in [0.15, 0.2) is 0 Å². The van der Waals surface area contributed by atoms with Crippen LogP contribution in [0.3, 0.4) is 0 Å². The summed E-state index contributed by atoms with van der Waals surface area (Å²) in [4.78, 5) is 0. The minimum absolute atomic E-state index is 0.619. The van der Waals surface area contributed by atoms with Crippen LogP contribution in [0, 0.1) is 0 Å². The highest BCUT2D eigenvalue weighted by Gasteiger charge is 2.10. The molecular formula is C11H14BrCl. The molecular weight excluding hydrogens is 247 g/mol. The normalized spacial score (nSPS) is 10.8. The Bertz CT molecular complexity index is 279. The van der Waals surface area contributed by atoms with Crippen molar-refractivity contribution in [3.63, 3.8) is 0 Å². The molecule has 0 fully saturated rings. The molecule has 13 heavy (non-hydrogen) atoms. The van der Waals surface area contributed by atoms with E-state index in [2.05, 4.69) is 35.8 Å². The molecule has 2 heteroatoms. The molecule has 0 radical (unpaired) electrons. The van der Waals surface area contributed by atoms with Crippen LogP contribution in [0.25, 0.3) is 0 Å². The third kappa shape index (κ3) is 2.72. The van der Waals surface area contributed by atoms with Gasteiger partial charge in [0.05, 0.1) is 0 Å². The van der Waals surface area contributed by atoms with Crippen molar-refractivity contribution in [3.05, 3.63) is 33.3 Å². The highest BCUT2D eigenvalue weighted by molar-refractivity contribution is 9.10. The number of halogens is 2. The van der Waals surface area contributed by atoms with Crippen molar-refractivity contribution in [1.29, 1.82) is 0 Å². The third-order valence-corrected chi connectivity index (χ3v) is 3.34. The lowest BCUT2D eigenvalue weighted by Crippen LogP contribution is -1.96. The van der Waals surface area contributed by atoms with Crippen molar-refractivity contribution < 1.29 is 0 Å². The van der Waals surface area contributed by atoms with E-state index in [-0.39, 0.29) is 0 Å². The third-order valence-electron chi connectivity index (χ3n) is 2.38. The average Bonchev–Trinajstić information content (AvgIpc) is 2.13. The van der Waals surface area contributed by atoms with Crippen LogP contribution in [0.1, 0.15) is 38.2 Å². The lowest BCUT2D eigenvalue weighted by molar-refractivity contribution is 0.639. The van der Waals surface area contributed by atoms with E-state index in [9.17, 15) is 0 Å². The van der Waals surface area contributed by atoms with Crippen molar-refractivity contribution >= 4 is 27.5 Å². The molecule has 0 bridgehead atoms. The van der Waals surface area contributed by atoms with Gasteiger partial charge in [-0.1, -0.05) is 41.4 Å². The van der Waals surface area contributed by atoms with Gasteiger partial charge in [-0.15, -0.1) is 0 Å². The molecule has 0 nitrogen and oxygen atoms in total. The molecule has 0 amide bonds. The molecule has 0 aliphatic carbocycles. The van der Waals surface area contributed by atoms with E-state index in [1.165, 1.54) is 10.0 Å². The number of hydrogen-bond acceptors (Lipinski definition) is 0. The van der Waals surface area contributed by atoms with Crippen LogP contribution in [0.15, 0.2) is 22.7 Å². The summed E-state index contributed by atoms with van der Waals surface area (Å²) in [5.74, 6) is 0.619. The maximum atomic E-state index is 5.95. The van der Waals surface area contributed by atoms with Gasteiger partial charge in [0, 0.05) is 9.50 Å². The number of benzene rings is 1. The summed E-state index contributed by atoms with van der Waals surface area (Å²) in [6.07, 6.45) is 2.32. The lowest BCUT2D eigenvalue weighted by atomic mass is 9.94. The van der Waals surface area contributed by atoms with Crippen LogP contribution >= 0.6 is 27.5 Å². The molecule has 0 unspecified atom stereocenters. The van der Waals surface area contributed by atoms with Gasteiger partial charge in [0.1, 0.15) is 0 Å². The first-order valence-electron chi connectivity index (χ1n) is 4.64. The summed E-state index contributed by atoms with van der Waals surface area (Å²) >= 11 is 9.51. The fourth-order valence-corrected chi connectivity index (χ4v) is 2.31. The van der Waals surface area contributed by atoms with Gasteiger partial charge in [0.25, 0.3) is 0 Å². The Balaban J connectivity index is 3.03. The second-order valence-electron chi connectivity index (χ2n) is 3.18. The zero-order valence-electron chi connectivity index (χ0n) is 7.98. The molecule has 0 saturated heterocycles. The van der Waals surface area contributed by atoms with E-state index in [0.717, 1.165) is 17.9 Å². The molecule has 1 rings (SSSR count). The van der Waals surface area contributed by atoms with Crippen molar-refractivity contribution in [2.75, 3.05) is 0 Å².